The average Bonchev–Trinajstić information content (AvgIpc) is 2.54. The first kappa shape index (κ1) is 21.1. The van der Waals surface area contributed by atoms with Gasteiger partial charge < -0.3 is 33.2 Å². The van der Waals surface area contributed by atoms with Crippen molar-refractivity contribution in [3.8, 4) is 0 Å². The molecule has 8 heteroatoms. The average molecular weight is 324 g/mol. The lowest BCUT2D eigenvalue weighted by Gasteiger charge is -2.07. The lowest BCUT2D eigenvalue weighted by atomic mass is 10.7. The molecule has 0 aromatic rings. The van der Waals surface area contributed by atoms with E-state index in [0.29, 0.717) is 66.1 Å². The number of hydrogen-bond acceptors (Lipinski definition) is 8. The fourth-order valence-corrected chi connectivity index (χ4v) is 1.27. The van der Waals surface area contributed by atoms with Gasteiger partial charge in [0.15, 0.2) is 0 Å². The van der Waals surface area contributed by atoms with Crippen LogP contribution >= 0.6 is 0 Å². The van der Waals surface area contributed by atoms with Crippen molar-refractivity contribution in [2.24, 2.45) is 0 Å². The Morgan fingerprint density at radius 3 is 1.36 bits per heavy atom. The van der Waals surface area contributed by atoms with E-state index in [1.165, 1.54) is 7.11 Å². The van der Waals surface area contributed by atoms with Crippen LogP contribution < -0.4 is 0 Å². The normalized spacial score (nSPS) is 10.6. The van der Waals surface area contributed by atoms with Crippen molar-refractivity contribution in [1.82, 2.24) is 0 Å². The van der Waals surface area contributed by atoms with Crippen molar-refractivity contribution >= 4 is 6.16 Å². The van der Waals surface area contributed by atoms with Crippen molar-refractivity contribution in [2.75, 3.05) is 79.8 Å². The summed E-state index contributed by atoms with van der Waals surface area (Å²) in [5.41, 5.74) is 0. The molecule has 0 saturated carbocycles. The largest absolute Gasteiger partial charge is 0.508 e. The molecule has 0 aromatic carbocycles. The second-order valence-corrected chi connectivity index (χ2v) is 3.95. The summed E-state index contributed by atoms with van der Waals surface area (Å²) in [7, 11) is 1.26. The number of carbonyl (C=O) groups excluding carboxylic acids is 1. The molecular weight excluding hydrogens is 296 g/mol. The van der Waals surface area contributed by atoms with Crippen molar-refractivity contribution in [3.63, 3.8) is 0 Å². The summed E-state index contributed by atoms with van der Waals surface area (Å²) in [5, 5.41) is 0. The minimum absolute atomic E-state index is 0.166. The van der Waals surface area contributed by atoms with Crippen LogP contribution in [0.2, 0.25) is 0 Å². The van der Waals surface area contributed by atoms with Crippen LogP contribution in [0.4, 0.5) is 4.79 Å². The van der Waals surface area contributed by atoms with E-state index in [1.807, 2.05) is 6.92 Å². The van der Waals surface area contributed by atoms with Gasteiger partial charge in [0.2, 0.25) is 0 Å². The highest BCUT2D eigenvalue weighted by Gasteiger charge is 1.98. The Morgan fingerprint density at radius 1 is 0.636 bits per heavy atom. The molecule has 0 fully saturated rings. The Morgan fingerprint density at radius 2 is 1.00 bits per heavy atom. The summed E-state index contributed by atoms with van der Waals surface area (Å²) >= 11 is 0. The quantitative estimate of drug-likeness (QED) is 0.306. The third kappa shape index (κ3) is 17.1. The maximum atomic E-state index is 10.6. The minimum Gasteiger partial charge on any atom is -0.438 e. The molecule has 0 saturated heterocycles. The molecule has 0 N–H and O–H groups in total. The van der Waals surface area contributed by atoms with Gasteiger partial charge in [-0.3, -0.25) is 0 Å². The first-order valence-electron chi connectivity index (χ1n) is 7.40. The van der Waals surface area contributed by atoms with Crippen LogP contribution in [0.25, 0.3) is 0 Å². The Kier molecular flexibility index (Phi) is 17.4. The maximum absolute atomic E-state index is 10.6. The highest BCUT2D eigenvalue weighted by atomic mass is 16.7. The number of carbonyl (C=O) groups is 1. The van der Waals surface area contributed by atoms with Crippen molar-refractivity contribution in [3.05, 3.63) is 0 Å². The zero-order valence-corrected chi connectivity index (χ0v) is 13.5. The SMILES string of the molecule is CCOCCOCCOCCOCCOCCOC(=O)OC. The predicted molar refractivity (Wildman–Crippen MR) is 78.1 cm³/mol. The predicted octanol–water partition coefficient (Wildman–Crippen LogP) is 0.872. The van der Waals surface area contributed by atoms with E-state index in [9.17, 15) is 4.79 Å². The first-order valence-corrected chi connectivity index (χ1v) is 7.40. The monoisotopic (exact) mass is 324 g/mol. The minimum atomic E-state index is -0.709. The molecule has 0 aliphatic carbocycles. The lowest BCUT2D eigenvalue weighted by Crippen LogP contribution is -2.14. The number of methoxy groups -OCH3 is 1. The van der Waals surface area contributed by atoms with Crippen LogP contribution in [0.3, 0.4) is 0 Å². The fraction of sp³-hybridized carbons (Fsp3) is 0.929. The fourth-order valence-electron chi connectivity index (χ4n) is 1.27. The molecule has 0 atom stereocenters. The molecule has 0 aliphatic rings. The molecule has 0 radical (unpaired) electrons. The van der Waals surface area contributed by atoms with Gasteiger partial charge in [-0.1, -0.05) is 0 Å². The Hall–Kier alpha value is -0.930. The van der Waals surface area contributed by atoms with Crippen molar-refractivity contribution < 1.29 is 38.0 Å². The summed E-state index contributed by atoms with van der Waals surface area (Å²) in [6.07, 6.45) is -0.709. The third-order valence-electron chi connectivity index (χ3n) is 2.31. The Labute approximate surface area is 131 Å². The molecule has 0 amide bonds. The molecule has 0 spiro atoms. The molecule has 0 bridgehead atoms. The number of ether oxygens (including phenoxy) is 7. The van der Waals surface area contributed by atoms with E-state index in [0.717, 1.165) is 0 Å². The van der Waals surface area contributed by atoms with Crippen LogP contribution in [0, 0.1) is 0 Å². The molecule has 0 heterocycles. The van der Waals surface area contributed by atoms with E-state index in [-0.39, 0.29) is 6.61 Å². The Balaban J connectivity index is 2.98. The van der Waals surface area contributed by atoms with Crippen molar-refractivity contribution in [1.29, 1.82) is 0 Å². The second-order valence-electron chi connectivity index (χ2n) is 3.95. The van der Waals surface area contributed by atoms with Crippen LogP contribution in [0.1, 0.15) is 6.92 Å². The molecule has 0 rings (SSSR count). The van der Waals surface area contributed by atoms with E-state index in [4.69, 9.17) is 23.7 Å². The summed E-state index contributed by atoms with van der Waals surface area (Å²) in [6, 6.07) is 0. The Bertz CT molecular complexity index is 237. The summed E-state index contributed by atoms with van der Waals surface area (Å²) in [5.74, 6) is 0. The second kappa shape index (κ2) is 18.1. The topological polar surface area (TPSA) is 81.7 Å². The number of hydrogen-bond donors (Lipinski definition) is 0. The zero-order chi connectivity index (χ0) is 16.3. The van der Waals surface area contributed by atoms with Crippen LogP contribution in [0.15, 0.2) is 0 Å². The summed E-state index contributed by atoms with van der Waals surface area (Å²) in [4.78, 5) is 10.6. The van der Waals surface area contributed by atoms with E-state index in [1.54, 1.807) is 0 Å². The van der Waals surface area contributed by atoms with Crippen LogP contribution in [-0.4, -0.2) is 85.9 Å². The zero-order valence-electron chi connectivity index (χ0n) is 13.5. The van der Waals surface area contributed by atoms with E-state index >= 15 is 0 Å². The molecule has 132 valence electrons. The molecule has 8 nitrogen and oxygen atoms in total. The molecule has 22 heavy (non-hydrogen) atoms. The number of rotatable bonds is 16. The highest BCUT2D eigenvalue weighted by molar-refractivity contribution is 5.59. The van der Waals surface area contributed by atoms with Gasteiger partial charge in [-0.25, -0.2) is 4.79 Å². The van der Waals surface area contributed by atoms with Gasteiger partial charge in [-0.05, 0) is 6.92 Å². The summed E-state index contributed by atoms with van der Waals surface area (Å²) < 4.78 is 35.2. The van der Waals surface area contributed by atoms with Gasteiger partial charge >= 0.3 is 6.16 Å². The van der Waals surface area contributed by atoms with E-state index in [2.05, 4.69) is 9.47 Å². The third-order valence-corrected chi connectivity index (χ3v) is 2.31. The van der Waals surface area contributed by atoms with Gasteiger partial charge in [0.25, 0.3) is 0 Å². The van der Waals surface area contributed by atoms with Crippen LogP contribution in [0.5, 0.6) is 0 Å². The van der Waals surface area contributed by atoms with Crippen LogP contribution in [-0.2, 0) is 33.2 Å². The lowest BCUT2D eigenvalue weighted by molar-refractivity contribution is -0.0152. The molecule has 0 aliphatic heterocycles. The smallest absolute Gasteiger partial charge is 0.438 e. The van der Waals surface area contributed by atoms with Crippen molar-refractivity contribution in [2.45, 2.75) is 6.92 Å². The molecule has 0 unspecified atom stereocenters. The summed E-state index contributed by atoms with van der Waals surface area (Å²) in [6.45, 7) is 7.34. The van der Waals surface area contributed by atoms with Gasteiger partial charge in [0, 0.05) is 6.61 Å². The molecular formula is C14H28O8. The first-order chi connectivity index (χ1) is 10.8. The van der Waals surface area contributed by atoms with E-state index < -0.39 is 6.16 Å². The van der Waals surface area contributed by atoms with Gasteiger partial charge in [-0.15, -0.1) is 0 Å². The molecule has 0 aromatic heterocycles. The van der Waals surface area contributed by atoms with Gasteiger partial charge in [0.05, 0.1) is 66.6 Å². The van der Waals surface area contributed by atoms with Gasteiger partial charge in [-0.2, -0.15) is 0 Å². The van der Waals surface area contributed by atoms with Gasteiger partial charge in [0.1, 0.15) is 6.61 Å². The highest BCUT2D eigenvalue weighted by Crippen LogP contribution is 1.85. The maximum Gasteiger partial charge on any atom is 0.508 e. The standard InChI is InChI=1S/C14H28O8/c1-3-17-4-5-18-6-7-19-8-9-20-10-11-21-12-13-22-14(15)16-2/h3-13H2,1-2H3.